The van der Waals surface area contributed by atoms with Crippen molar-refractivity contribution in [3.8, 4) is 5.75 Å². The van der Waals surface area contributed by atoms with E-state index in [1.165, 1.54) is 4.90 Å². The van der Waals surface area contributed by atoms with Crippen LogP contribution in [-0.4, -0.2) is 41.9 Å². The van der Waals surface area contributed by atoms with Crippen molar-refractivity contribution in [2.45, 2.75) is 58.7 Å². The molecule has 0 saturated heterocycles. The Morgan fingerprint density at radius 2 is 1.77 bits per heavy atom. The molecule has 0 spiro atoms. The summed E-state index contributed by atoms with van der Waals surface area (Å²) in [4.78, 5) is 27.1. The monoisotopic (exact) mass is 358 g/mol. The number of fused-ring (bicyclic) bond motifs is 1. The van der Waals surface area contributed by atoms with Gasteiger partial charge in [-0.15, -0.1) is 0 Å². The van der Waals surface area contributed by atoms with Crippen molar-refractivity contribution < 1.29 is 14.3 Å². The molecule has 0 fully saturated rings. The van der Waals surface area contributed by atoms with Gasteiger partial charge in [-0.3, -0.25) is 9.59 Å². The molecule has 1 aromatic carbocycles. The predicted molar refractivity (Wildman–Crippen MR) is 103 cm³/mol. The maximum Gasteiger partial charge on any atom is 0.258 e. The number of amides is 2. The average Bonchev–Trinajstić information content (AvgIpc) is 2.61. The number of nitrogens with one attached hydrogen (secondary N) is 1. The molecule has 5 heteroatoms. The highest BCUT2D eigenvalue weighted by Gasteiger charge is 2.27. The summed E-state index contributed by atoms with van der Waals surface area (Å²) in [5.41, 5.74) is 0.475. The fraction of sp³-hybridized carbons (Fsp3) is 0.524. The molecular formula is C21H30N2O3. The smallest absolute Gasteiger partial charge is 0.258 e. The summed E-state index contributed by atoms with van der Waals surface area (Å²) in [5, 5.41) is 3.09. The SMILES string of the molecule is CC(C)[C@@H]1C/C=C/C[C@@H](C)Oc2ccccc2C(=O)N(C)[C@@H](C)C(=O)N1. The Kier molecular flexibility index (Phi) is 6.83. The largest absolute Gasteiger partial charge is 0.490 e. The Morgan fingerprint density at radius 1 is 1.12 bits per heavy atom. The summed E-state index contributed by atoms with van der Waals surface area (Å²) in [6.07, 6.45) is 5.64. The van der Waals surface area contributed by atoms with Crippen LogP contribution >= 0.6 is 0 Å². The van der Waals surface area contributed by atoms with Crippen molar-refractivity contribution in [3.63, 3.8) is 0 Å². The zero-order valence-corrected chi connectivity index (χ0v) is 16.4. The van der Waals surface area contributed by atoms with E-state index in [2.05, 4.69) is 31.3 Å². The zero-order chi connectivity index (χ0) is 19.3. The number of carbonyl (C=O) groups is 2. The molecule has 0 bridgehead atoms. The van der Waals surface area contributed by atoms with Crippen molar-refractivity contribution in [2.24, 2.45) is 5.92 Å². The molecule has 2 amide bonds. The lowest BCUT2D eigenvalue weighted by molar-refractivity contribution is -0.125. The fourth-order valence-electron chi connectivity index (χ4n) is 2.88. The first kappa shape index (κ1) is 20.0. The van der Waals surface area contributed by atoms with Crippen LogP contribution in [0.25, 0.3) is 0 Å². The first-order valence-electron chi connectivity index (χ1n) is 9.29. The second-order valence-electron chi connectivity index (χ2n) is 7.32. The molecule has 0 saturated carbocycles. The van der Waals surface area contributed by atoms with E-state index in [0.29, 0.717) is 17.2 Å². The number of hydrogen-bond acceptors (Lipinski definition) is 3. The molecule has 1 aromatic rings. The van der Waals surface area contributed by atoms with Crippen molar-refractivity contribution in [3.05, 3.63) is 42.0 Å². The molecule has 26 heavy (non-hydrogen) atoms. The highest BCUT2D eigenvalue weighted by Crippen LogP contribution is 2.23. The van der Waals surface area contributed by atoms with Crippen LogP contribution in [0.5, 0.6) is 5.75 Å². The number of benzene rings is 1. The highest BCUT2D eigenvalue weighted by atomic mass is 16.5. The highest BCUT2D eigenvalue weighted by molar-refractivity contribution is 5.99. The number of rotatable bonds is 1. The molecule has 1 heterocycles. The summed E-state index contributed by atoms with van der Waals surface area (Å²) in [6, 6.07) is 6.66. The third-order valence-corrected chi connectivity index (χ3v) is 4.88. The topological polar surface area (TPSA) is 58.6 Å². The van der Waals surface area contributed by atoms with E-state index in [1.807, 2.05) is 13.0 Å². The first-order valence-corrected chi connectivity index (χ1v) is 9.29. The van der Waals surface area contributed by atoms with E-state index in [9.17, 15) is 9.59 Å². The van der Waals surface area contributed by atoms with Crippen LogP contribution < -0.4 is 10.1 Å². The lowest BCUT2D eigenvalue weighted by Crippen LogP contribution is -2.50. The minimum Gasteiger partial charge on any atom is -0.490 e. The third-order valence-electron chi connectivity index (χ3n) is 4.88. The van der Waals surface area contributed by atoms with Gasteiger partial charge in [0.05, 0.1) is 11.7 Å². The van der Waals surface area contributed by atoms with Crippen LogP contribution in [0.3, 0.4) is 0 Å². The number of ether oxygens (including phenoxy) is 1. The van der Waals surface area contributed by atoms with E-state index < -0.39 is 6.04 Å². The van der Waals surface area contributed by atoms with Gasteiger partial charge in [0.25, 0.3) is 5.91 Å². The molecule has 2 rings (SSSR count). The van der Waals surface area contributed by atoms with Gasteiger partial charge in [-0.25, -0.2) is 0 Å². The second-order valence-corrected chi connectivity index (χ2v) is 7.32. The Balaban J connectivity index is 2.36. The molecule has 1 aliphatic heterocycles. The number of likely N-dealkylation sites (N-methyl/N-ethyl adjacent to an activating group) is 1. The summed E-state index contributed by atoms with van der Waals surface area (Å²) in [5.74, 6) is 0.495. The molecule has 0 aromatic heterocycles. The quantitative estimate of drug-likeness (QED) is 0.783. The van der Waals surface area contributed by atoms with Crippen LogP contribution in [0.2, 0.25) is 0 Å². The number of para-hydroxylation sites is 1. The van der Waals surface area contributed by atoms with Crippen molar-refractivity contribution in [1.29, 1.82) is 0 Å². The third kappa shape index (κ3) is 4.87. The van der Waals surface area contributed by atoms with Gasteiger partial charge in [-0.05, 0) is 38.3 Å². The minimum atomic E-state index is -0.568. The van der Waals surface area contributed by atoms with Gasteiger partial charge in [0.1, 0.15) is 11.8 Å². The lowest BCUT2D eigenvalue weighted by Gasteiger charge is -2.29. The lowest BCUT2D eigenvalue weighted by atomic mass is 9.99. The van der Waals surface area contributed by atoms with Crippen LogP contribution in [0.1, 0.15) is 50.9 Å². The van der Waals surface area contributed by atoms with Gasteiger partial charge in [0.15, 0.2) is 0 Å². The van der Waals surface area contributed by atoms with Crippen LogP contribution in [0.4, 0.5) is 0 Å². The maximum absolute atomic E-state index is 12.9. The number of hydrogen-bond donors (Lipinski definition) is 1. The van der Waals surface area contributed by atoms with E-state index in [-0.39, 0.29) is 24.0 Å². The molecular weight excluding hydrogens is 328 g/mol. The Bertz CT molecular complexity index is 669. The van der Waals surface area contributed by atoms with Gasteiger partial charge >= 0.3 is 0 Å². The molecule has 142 valence electrons. The Hall–Kier alpha value is -2.30. The first-order chi connectivity index (χ1) is 12.3. The average molecular weight is 358 g/mol. The van der Waals surface area contributed by atoms with E-state index >= 15 is 0 Å². The Labute approximate surface area is 156 Å². The zero-order valence-electron chi connectivity index (χ0n) is 16.4. The predicted octanol–water partition coefficient (Wildman–Crippen LogP) is 3.41. The molecule has 0 radical (unpaired) electrons. The van der Waals surface area contributed by atoms with Crippen LogP contribution in [-0.2, 0) is 4.79 Å². The van der Waals surface area contributed by atoms with Crippen LogP contribution in [0.15, 0.2) is 36.4 Å². The van der Waals surface area contributed by atoms with Crippen LogP contribution in [0, 0.1) is 5.92 Å². The van der Waals surface area contributed by atoms with E-state index in [0.717, 1.165) is 12.8 Å². The maximum atomic E-state index is 12.9. The summed E-state index contributed by atoms with van der Waals surface area (Å²) >= 11 is 0. The summed E-state index contributed by atoms with van der Waals surface area (Å²) < 4.78 is 6.00. The molecule has 3 atom stereocenters. The van der Waals surface area contributed by atoms with Gasteiger partial charge < -0.3 is 15.0 Å². The molecule has 1 aliphatic rings. The van der Waals surface area contributed by atoms with Crippen molar-refractivity contribution >= 4 is 11.8 Å². The normalized spacial score (nSPS) is 26.5. The number of nitrogens with zero attached hydrogens (tertiary/aromatic N) is 1. The molecule has 5 nitrogen and oxygen atoms in total. The second kappa shape index (κ2) is 8.88. The van der Waals surface area contributed by atoms with Gasteiger partial charge in [-0.1, -0.05) is 38.1 Å². The van der Waals surface area contributed by atoms with Crippen molar-refractivity contribution in [1.82, 2.24) is 10.2 Å². The van der Waals surface area contributed by atoms with Crippen molar-refractivity contribution in [2.75, 3.05) is 7.05 Å². The van der Waals surface area contributed by atoms with Gasteiger partial charge in [-0.2, -0.15) is 0 Å². The summed E-state index contributed by atoms with van der Waals surface area (Å²) in [7, 11) is 1.66. The fourth-order valence-corrected chi connectivity index (χ4v) is 2.88. The standard InChI is InChI=1S/C21H30N2O3/c1-14(2)18-12-8-6-10-15(3)26-19-13-9-7-11-17(19)21(25)23(5)16(4)20(24)22-18/h6-9,11,13-16,18H,10,12H2,1-5H3,(H,22,24)/b8-6+/t15-,16+,18+/m1/s1. The van der Waals surface area contributed by atoms with Gasteiger partial charge in [0.2, 0.25) is 5.91 Å². The Morgan fingerprint density at radius 3 is 2.46 bits per heavy atom. The minimum absolute atomic E-state index is 0.0381. The molecule has 0 unspecified atom stereocenters. The summed E-state index contributed by atoms with van der Waals surface area (Å²) in [6.45, 7) is 7.91. The molecule has 0 aliphatic carbocycles. The number of carbonyl (C=O) groups excluding carboxylic acids is 2. The van der Waals surface area contributed by atoms with E-state index in [1.54, 1.807) is 32.2 Å². The van der Waals surface area contributed by atoms with E-state index in [4.69, 9.17) is 4.74 Å². The molecule has 1 N–H and O–H groups in total. The van der Waals surface area contributed by atoms with Gasteiger partial charge in [0, 0.05) is 19.5 Å².